The molecule has 1 rings (SSSR count). The summed E-state index contributed by atoms with van der Waals surface area (Å²) in [6.45, 7) is 1.33. The topological polar surface area (TPSA) is 101 Å². The van der Waals surface area contributed by atoms with Gasteiger partial charge in [-0.15, -0.1) is 0 Å². The highest BCUT2D eigenvalue weighted by molar-refractivity contribution is 9.10. The average molecular weight is 378 g/mol. The van der Waals surface area contributed by atoms with Gasteiger partial charge in [0.15, 0.2) is 9.84 Å². The van der Waals surface area contributed by atoms with Crippen LogP contribution in [0.1, 0.15) is 12.5 Å². The van der Waals surface area contributed by atoms with Crippen molar-refractivity contribution in [3.8, 4) is 0 Å². The number of amides is 1. The number of hydrogen-bond donors (Lipinski definition) is 2. The van der Waals surface area contributed by atoms with Crippen molar-refractivity contribution in [2.75, 3.05) is 12.3 Å². The van der Waals surface area contributed by atoms with E-state index in [0.29, 0.717) is 5.56 Å². The van der Waals surface area contributed by atoms with E-state index in [1.807, 2.05) is 0 Å². The fourth-order valence-electron chi connectivity index (χ4n) is 1.49. The van der Waals surface area contributed by atoms with Crippen molar-refractivity contribution >= 4 is 37.6 Å². The summed E-state index contributed by atoms with van der Waals surface area (Å²) in [6.07, 6.45) is 0. The van der Waals surface area contributed by atoms with Crippen LogP contribution in [0.25, 0.3) is 0 Å². The zero-order valence-electron chi connectivity index (χ0n) is 11.4. The molecule has 0 aliphatic heterocycles. The minimum absolute atomic E-state index is 0.0953. The first-order chi connectivity index (χ1) is 9.69. The standard InChI is InChI=1S/C13H16BrNO5S/c1-9(13(17)18)6-15-12(16)8-21(19,20)7-10-2-4-11(14)5-3-10/h2-5,9H,6-8H2,1H3,(H,15,16)(H,17,18). The van der Waals surface area contributed by atoms with Crippen molar-refractivity contribution in [3.63, 3.8) is 0 Å². The van der Waals surface area contributed by atoms with Gasteiger partial charge in [0.2, 0.25) is 5.91 Å². The smallest absolute Gasteiger partial charge is 0.308 e. The zero-order chi connectivity index (χ0) is 16.0. The minimum Gasteiger partial charge on any atom is -0.481 e. The molecule has 1 aromatic carbocycles. The van der Waals surface area contributed by atoms with Crippen LogP contribution in [-0.2, 0) is 25.2 Å². The fourth-order valence-corrected chi connectivity index (χ4v) is 3.06. The van der Waals surface area contributed by atoms with E-state index in [1.54, 1.807) is 24.3 Å². The molecule has 0 bridgehead atoms. The molecule has 0 saturated carbocycles. The molecule has 116 valence electrons. The number of benzene rings is 1. The molecule has 0 aromatic heterocycles. The molecule has 0 heterocycles. The molecule has 0 saturated heterocycles. The Morgan fingerprint density at radius 3 is 2.38 bits per heavy atom. The molecular weight excluding hydrogens is 362 g/mol. The van der Waals surface area contributed by atoms with Gasteiger partial charge in [0.05, 0.1) is 11.7 Å². The number of halogens is 1. The van der Waals surface area contributed by atoms with E-state index in [-0.39, 0.29) is 12.3 Å². The Morgan fingerprint density at radius 2 is 1.86 bits per heavy atom. The summed E-state index contributed by atoms with van der Waals surface area (Å²) in [5, 5.41) is 11.0. The molecule has 21 heavy (non-hydrogen) atoms. The Kier molecular flexibility index (Phi) is 6.35. The number of nitrogens with one attached hydrogen (secondary N) is 1. The molecular formula is C13H16BrNO5S. The number of carboxylic acids is 1. The summed E-state index contributed by atoms with van der Waals surface area (Å²) in [6, 6.07) is 6.76. The van der Waals surface area contributed by atoms with Gasteiger partial charge in [-0.05, 0) is 17.7 Å². The SMILES string of the molecule is CC(CNC(=O)CS(=O)(=O)Cc1ccc(Br)cc1)C(=O)O. The third kappa shape index (κ3) is 6.72. The second kappa shape index (κ2) is 7.56. The summed E-state index contributed by atoms with van der Waals surface area (Å²) >= 11 is 3.25. The van der Waals surface area contributed by atoms with Crippen molar-refractivity contribution in [1.82, 2.24) is 5.32 Å². The Bertz CT molecular complexity index is 612. The first-order valence-corrected chi connectivity index (χ1v) is 8.75. The van der Waals surface area contributed by atoms with Gasteiger partial charge < -0.3 is 10.4 Å². The van der Waals surface area contributed by atoms with Gasteiger partial charge in [-0.25, -0.2) is 8.42 Å². The summed E-state index contributed by atoms with van der Waals surface area (Å²) < 4.78 is 24.6. The number of carbonyl (C=O) groups is 2. The lowest BCUT2D eigenvalue weighted by Crippen LogP contribution is -2.35. The van der Waals surface area contributed by atoms with E-state index in [9.17, 15) is 18.0 Å². The summed E-state index contributed by atoms with van der Waals surface area (Å²) in [5.41, 5.74) is 0.588. The van der Waals surface area contributed by atoms with Gasteiger partial charge in [0, 0.05) is 11.0 Å². The normalized spacial score (nSPS) is 12.7. The molecule has 0 aliphatic rings. The maximum atomic E-state index is 11.9. The van der Waals surface area contributed by atoms with Gasteiger partial charge in [-0.1, -0.05) is 35.0 Å². The summed E-state index contributed by atoms with van der Waals surface area (Å²) in [5.74, 6) is -3.39. The maximum Gasteiger partial charge on any atom is 0.308 e. The molecule has 0 spiro atoms. The highest BCUT2D eigenvalue weighted by atomic mass is 79.9. The van der Waals surface area contributed by atoms with Gasteiger partial charge in [0.25, 0.3) is 0 Å². The Balaban J connectivity index is 2.54. The molecule has 0 aliphatic carbocycles. The lowest BCUT2D eigenvalue weighted by molar-refractivity contribution is -0.141. The summed E-state index contributed by atoms with van der Waals surface area (Å²) in [7, 11) is -3.59. The maximum absolute atomic E-state index is 11.9. The predicted octanol–water partition coefficient (Wildman–Crippen LogP) is 1.20. The van der Waals surface area contributed by atoms with Crippen LogP contribution in [0.15, 0.2) is 28.7 Å². The van der Waals surface area contributed by atoms with Gasteiger partial charge in [-0.3, -0.25) is 9.59 Å². The summed E-state index contributed by atoms with van der Waals surface area (Å²) in [4.78, 5) is 22.1. The van der Waals surface area contributed by atoms with Gasteiger partial charge in [-0.2, -0.15) is 0 Å². The van der Waals surface area contributed by atoms with Crippen LogP contribution in [0.2, 0.25) is 0 Å². The monoisotopic (exact) mass is 377 g/mol. The Labute approximate surface area is 131 Å². The zero-order valence-corrected chi connectivity index (χ0v) is 13.8. The van der Waals surface area contributed by atoms with Crippen LogP contribution >= 0.6 is 15.9 Å². The third-order valence-corrected chi connectivity index (χ3v) is 4.68. The average Bonchev–Trinajstić information content (AvgIpc) is 2.37. The Hall–Kier alpha value is -1.41. The lowest BCUT2D eigenvalue weighted by Gasteiger charge is -2.09. The van der Waals surface area contributed by atoms with Crippen LogP contribution in [-0.4, -0.2) is 37.7 Å². The van der Waals surface area contributed by atoms with Crippen LogP contribution in [0.4, 0.5) is 0 Å². The first kappa shape index (κ1) is 17.6. The number of rotatable bonds is 7. The van der Waals surface area contributed by atoms with E-state index in [2.05, 4.69) is 21.2 Å². The molecule has 1 amide bonds. The number of carboxylic acid groups (broad SMARTS) is 1. The van der Waals surface area contributed by atoms with Crippen molar-refractivity contribution < 1.29 is 23.1 Å². The van der Waals surface area contributed by atoms with Crippen LogP contribution in [0.5, 0.6) is 0 Å². The second-order valence-corrected chi connectivity index (χ2v) is 7.68. The molecule has 6 nitrogen and oxygen atoms in total. The van der Waals surface area contributed by atoms with E-state index in [0.717, 1.165) is 4.47 Å². The number of aliphatic carboxylic acids is 1. The van der Waals surface area contributed by atoms with Crippen LogP contribution < -0.4 is 5.32 Å². The first-order valence-electron chi connectivity index (χ1n) is 6.14. The fraction of sp³-hybridized carbons (Fsp3) is 0.385. The van der Waals surface area contributed by atoms with Crippen molar-refractivity contribution in [1.29, 1.82) is 0 Å². The van der Waals surface area contributed by atoms with E-state index in [4.69, 9.17) is 5.11 Å². The van der Waals surface area contributed by atoms with Crippen molar-refractivity contribution in [2.45, 2.75) is 12.7 Å². The van der Waals surface area contributed by atoms with E-state index >= 15 is 0 Å². The van der Waals surface area contributed by atoms with Crippen molar-refractivity contribution in [3.05, 3.63) is 34.3 Å². The highest BCUT2D eigenvalue weighted by Crippen LogP contribution is 2.13. The van der Waals surface area contributed by atoms with Crippen LogP contribution in [0.3, 0.4) is 0 Å². The van der Waals surface area contributed by atoms with Gasteiger partial charge >= 0.3 is 5.97 Å². The molecule has 1 unspecified atom stereocenters. The van der Waals surface area contributed by atoms with E-state index in [1.165, 1.54) is 6.92 Å². The lowest BCUT2D eigenvalue weighted by atomic mass is 10.2. The van der Waals surface area contributed by atoms with E-state index < -0.39 is 33.4 Å². The molecule has 0 fully saturated rings. The highest BCUT2D eigenvalue weighted by Gasteiger charge is 2.19. The molecule has 1 atom stereocenters. The third-order valence-electron chi connectivity index (χ3n) is 2.68. The predicted molar refractivity (Wildman–Crippen MR) is 81.4 cm³/mol. The van der Waals surface area contributed by atoms with Crippen molar-refractivity contribution in [2.24, 2.45) is 5.92 Å². The molecule has 1 aromatic rings. The number of sulfone groups is 1. The Morgan fingerprint density at radius 1 is 1.29 bits per heavy atom. The minimum atomic E-state index is -3.59. The number of hydrogen-bond acceptors (Lipinski definition) is 4. The molecule has 8 heteroatoms. The van der Waals surface area contributed by atoms with Gasteiger partial charge in [0.1, 0.15) is 5.75 Å². The quantitative estimate of drug-likeness (QED) is 0.743. The largest absolute Gasteiger partial charge is 0.481 e. The second-order valence-electron chi connectivity index (χ2n) is 4.70. The molecule has 2 N–H and O–H groups in total. The van der Waals surface area contributed by atoms with Crippen LogP contribution in [0, 0.1) is 5.92 Å². The number of carbonyl (C=O) groups excluding carboxylic acids is 1. The molecule has 0 radical (unpaired) electrons.